The molecule has 5 heterocycles. The van der Waals surface area contributed by atoms with E-state index in [1.165, 1.54) is 11.1 Å². The molecular weight excluding hydrogens is 412 g/mol. The molecule has 2 atom stereocenters. The molecule has 1 aliphatic rings. The molecule has 0 saturated carbocycles. The van der Waals surface area contributed by atoms with Crippen LogP contribution in [-0.2, 0) is 0 Å². The van der Waals surface area contributed by atoms with E-state index in [9.17, 15) is 0 Å². The van der Waals surface area contributed by atoms with Crippen molar-refractivity contribution in [1.82, 2.24) is 29.5 Å². The summed E-state index contributed by atoms with van der Waals surface area (Å²) in [5.41, 5.74) is 8.67. The van der Waals surface area contributed by atoms with Crippen molar-refractivity contribution in [2.45, 2.75) is 59.0 Å². The number of fused-ring (bicyclic) bond motifs is 2. The van der Waals surface area contributed by atoms with Gasteiger partial charge in [-0.2, -0.15) is 10.4 Å². The highest BCUT2D eigenvalue weighted by Crippen LogP contribution is 2.37. The average Bonchev–Trinajstić information content (AvgIpc) is 3.48. The second-order valence-electron chi connectivity index (χ2n) is 9.50. The van der Waals surface area contributed by atoms with Gasteiger partial charge in [0, 0.05) is 36.0 Å². The van der Waals surface area contributed by atoms with Gasteiger partial charge in [0.2, 0.25) is 0 Å². The molecule has 4 aromatic rings. The number of H-pyrrole nitrogens is 1. The van der Waals surface area contributed by atoms with Gasteiger partial charge in [0.25, 0.3) is 0 Å². The number of nitriles is 1. The number of nitrogens with zero attached hydrogens (tertiary/aromatic N) is 6. The molecule has 8 heteroatoms. The first-order valence-electron chi connectivity index (χ1n) is 11.6. The van der Waals surface area contributed by atoms with Gasteiger partial charge in [0.15, 0.2) is 5.65 Å². The second kappa shape index (κ2) is 8.16. The molecule has 5 rings (SSSR count). The smallest absolute Gasteiger partial charge is 0.158 e. The maximum Gasteiger partial charge on any atom is 0.158 e. The summed E-state index contributed by atoms with van der Waals surface area (Å²) in [4.78, 5) is 15.3. The number of nitrogens with one attached hydrogen (secondary N) is 2. The Bertz CT molecular complexity index is 1370. The van der Waals surface area contributed by atoms with Crippen molar-refractivity contribution in [2.75, 3.05) is 18.4 Å². The van der Waals surface area contributed by atoms with E-state index in [4.69, 9.17) is 10.2 Å². The zero-order valence-electron chi connectivity index (χ0n) is 19.8. The van der Waals surface area contributed by atoms with E-state index >= 15 is 0 Å². The van der Waals surface area contributed by atoms with E-state index in [-0.39, 0.29) is 0 Å². The molecule has 0 unspecified atom stereocenters. The number of hydrogen-bond donors (Lipinski definition) is 2. The van der Waals surface area contributed by atoms with Crippen LogP contribution in [0.25, 0.3) is 27.9 Å². The van der Waals surface area contributed by atoms with E-state index in [0.29, 0.717) is 24.5 Å². The Morgan fingerprint density at radius 2 is 2.09 bits per heavy atom. The fourth-order valence-electron chi connectivity index (χ4n) is 5.12. The first kappa shape index (κ1) is 21.4. The number of hydrogen-bond acceptors (Lipinski definition) is 6. The number of likely N-dealkylation sites (tertiary alicyclic amines) is 1. The van der Waals surface area contributed by atoms with Gasteiger partial charge >= 0.3 is 0 Å². The molecule has 0 aliphatic carbocycles. The maximum absolute atomic E-state index is 9.06. The summed E-state index contributed by atoms with van der Waals surface area (Å²) in [5.74, 6) is 1.17. The van der Waals surface area contributed by atoms with Crippen LogP contribution in [-0.4, -0.2) is 54.6 Å². The molecule has 2 N–H and O–H groups in total. The van der Waals surface area contributed by atoms with Crippen molar-refractivity contribution in [3.8, 4) is 17.3 Å². The summed E-state index contributed by atoms with van der Waals surface area (Å²) >= 11 is 0. The van der Waals surface area contributed by atoms with Gasteiger partial charge in [-0.1, -0.05) is 13.8 Å². The lowest BCUT2D eigenvalue weighted by atomic mass is 9.95. The van der Waals surface area contributed by atoms with Gasteiger partial charge < -0.3 is 10.3 Å². The van der Waals surface area contributed by atoms with Crippen LogP contribution < -0.4 is 5.32 Å². The third-order valence-electron chi connectivity index (χ3n) is 6.98. The minimum Gasteiger partial charge on any atom is -0.366 e. The van der Waals surface area contributed by atoms with Crippen LogP contribution >= 0.6 is 0 Å². The zero-order chi connectivity index (χ0) is 23.3. The number of anilines is 1. The van der Waals surface area contributed by atoms with Crippen molar-refractivity contribution in [3.05, 3.63) is 41.3 Å². The third kappa shape index (κ3) is 3.62. The quantitative estimate of drug-likeness (QED) is 0.444. The van der Waals surface area contributed by atoms with Crippen LogP contribution in [0.15, 0.2) is 24.7 Å². The van der Waals surface area contributed by atoms with E-state index in [0.717, 1.165) is 52.3 Å². The molecule has 33 heavy (non-hydrogen) atoms. The van der Waals surface area contributed by atoms with Crippen LogP contribution in [0.1, 0.15) is 49.8 Å². The van der Waals surface area contributed by atoms with Gasteiger partial charge in [-0.25, -0.2) is 14.5 Å². The summed E-state index contributed by atoms with van der Waals surface area (Å²) in [5, 5.41) is 17.0. The van der Waals surface area contributed by atoms with Gasteiger partial charge in [0.1, 0.15) is 12.1 Å². The van der Waals surface area contributed by atoms with Crippen LogP contribution in [0.2, 0.25) is 0 Å². The van der Waals surface area contributed by atoms with Crippen LogP contribution in [0.3, 0.4) is 0 Å². The topological polar surface area (TPSA) is 97.9 Å². The van der Waals surface area contributed by atoms with Crippen LogP contribution in [0.5, 0.6) is 0 Å². The van der Waals surface area contributed by atoms with Gasteiger partial charge in [-0.3, -0.25) is 4.90 Å². The van der Waals surface area contributed by atoms with Crippen LogP contribution in [0.4, 0.5) is 5.82 Å². The molecule has 0 amide bonds. The van der Waals surface area contributed by atoms with E-state index in [2.05, 4.69) is 78.2 Å². The Morgan fingerprint density at radius 1 is 1.27 bits per heavy atom. The molecule has 0 aromatic carbocycles. The Morgan fingerprint density at radius 3 is 2.85 bits per heavy atom. The maximum atomic E-state index is 9.06. The molecule has 1 aliphatic heterocycles. The largest absolute Gasteiger partial charge is 0.366 e. The Labute approximate surface area is 193 Å². The monoisotopic (exact) mass is 442 g/mol. The number of aryl methyl sites for hydroxylation is 1. The lowest BCUT2D eigenvalue weighted by Gasteiger charge is -2.16. The van der Waals surface area contributed by atoms with E-state index in [1.807, 2.05) is 10.6 Å². The number of rotatable bonds is 5. The fraction of sp³-hybridized carbons (Fsp3) is 0.440. The Balaban J connectivity index is 1.55. The number of aromatic nitrogens is 5. The lowest BCUT2D eigenvalue weighted by molar-refractivity contribution is 0.300. The average molecular weight is 443 g/mol. The summed E-state index contributed by atoms with van der Waals surface area (Å²) < 4.78 is 1.85. The molecule has 8 nitrogen and oxygen atoms in total. The van der Waals surface area contributed by atoms with Crippen molar-refractivity contribution < 1.29 is 0 Å². The van der Waals surface area contributed by atoms with Crippen molar-refractivity contribution in [2.24, 2.45) is 0 Å². The van der Waals surface area contributed by atoms with Gasteiger partial charge in [-0.15, -0.1) is 0 Å². The zero-order valence-corrected chi connectivity index (χ0v) is 19.8. The first-order valence-corrected chi connectivity index (χ1v) is 11.6. The SMILES string of the molecule is Cc1c(-c2[nH]c3ccc(N[C@@H]4C[C@H](C)N(CC#N)C4)nc3c2C(C)C)cn2ncnc2c1C. The van der Waals surface area contributed by atoms with Gasteiger partial charge in [0.05, 0.1) is 29.3 Å². The Hall–Kier alpha value is -3.44. The fourth-order valence-corrected chi connectivity index (χ4v) is 5.12. The first-order chi connectivity index (χ1) is 15.9. The highest BCUT2D eigenvalue weighted by molar-refractivity contribution is 5.90. The minimum atomic E-state index is 0.291. The summed E-state index contributed by atoms with van der Waals surface area (Å²) in [6.07, 6.45) is 4.67. The normalized spacial score (nSPS) is 19.1. The summed E-state index contributed by atoms with van der Waals surface area (Å²) in [6.45, 7) is 12.2. The highest BCUT2D eigenvalue weighted by atomic mass is 15.3. The summed E-state index contributed by atoms with van der Waals surface area (Å²) in [6, 6.07) is 7.12. The molecular formula is C25H30N8. The van der Waals surface area contributed by atoms with Crippen molar-refractivity contribution >= 4 is 22.5 Å². The van der Waals surface area contributed by atoms with E-state index < -0.39 is 0 Å². The van der Waals surface area contributed by atoms with Crippen LogP contribution in [0, 0.1) is 25.2 Å². The van der Waals surface area contributed by atoms with E-state index in [1.54, 1.807) is 6.33 Å². The van der Waals surface area contributed by atoms with Crippen molar-refractivity contribution in [3.63, 3.8) is 0 Å². The molecule has 1 fully saturated rings. The molecule has 170 valence electrons. The number of pyridine rings is 2. The lowest BCUT2D eigenvalue weighted by Crippen LogP contribution is -2.29. The minimum absolute atomic E-state index is 0.291. The predicted octanol–water partition coefficient (Wildman–Crippen LogP) is 4.41. The van der Waals surface area contributed by atoms with Crippen molar-refractivity contribution in [1.29, 1.82) is 5.26 Å². The predicted molar refractivity (Wildman–Crippen MR) is 130 cm³/mol. The molecule has 0 radical (unpaired) electrons. The molecule has 0 spiro atoms. The molecule has 0 bridgehead atoms. The highest BCUT2D eigenvalue weighted by Gasteiger charge is 2.29. The molecule has 1 saturated heterocycles. The summed E-state index contributed by atoms with van der Waals surface area (Å²) in [7, 11) is 0. The molecule has 4 aromatic heterocycles. The number of aromatic amines is 1. The van der Waals surface area contributed by atoms with Gasteiger partial charge in [-0.05, 0) is 56.4 Å². The Kier molecular flexibility index (Phi) is 5.29. The third-order valence-corrected chi connectivity index (χ3v) is 6.98. The second-order valence-corrected chi connectivity index (χ2v) is 9.50. The standard InChI is InChI=1S/C25H30N8/c1-14(2)22-23(19-12-33-25(27-13-28-33)17(5)16(19)4)30-20-6-7-21(31-24(20)22)29-18-10-15(3)32(11-18)9-8-26/h6-7,12-15,18,30H,9-11H2,1-5H3,(H,29,31)/t15-,18+/m0/s1.